The lowest BCUT2D eigenvalue weighted by Gasteiger charge is -2.28. The molecule has 0 atom stereocenters. The normalized spacial score (nSPS) is 15.5. The molecule has 2 aromatic rings. The molecule has 0 radical (unpaired) electrons. The highest BCUT2D eigenvalue weighted by atomic mass is 35.5. The highest BCUT2D eigenvalue weighted by Gasteiger charge is 2.25. The number of carbonyl (C=O) groups is 1. The summed E-state index contributed by atoms with van der Waals surface area (Å²) >= 11 is 7.63. The van der Waals surface area contributed by atoms with Gasteiger partial charge >= 0.3 is 0 Å². The molecule has 12 heteroatoms. The lowest BCUT2D eigenvalue weighted by Crippen LogP contribution is -2.43. The van der Waals surface area contributed by atoms with Crippen molar-refractivity contribution in [1.29, 1.82) is 0 Å². The van der Waals surface area contributed by atoms with Gasteiger partial charge in [-0.05, 0) is 18.6 Å². The van der Waals surface area contributed by atoms with E-state index in [2.05, 4.69) is 9.88 Å². The van der Waals surface area contributed by atoms with Crippen LogP contribution in [-0.2, 0) is 19.6 Å². The van der Waals surface area contributed by atoms with Gasteiger partial charge in [0.2, 0.25) is 15.9 Å². The molecule has 0 unspecified atom stereocenters. The number of thiazole rings is 1. The second-order valence-electron chi connectivity index (χ2n) is 7.30. The number of fused-ring (bicyclic) bond motifs is 1. The molecule has 0 bridgehead atoms. The molecular weight excluding hydrogens is 464 g/mol. The molecule has 1 fully saturated rings. The first-order valence-corrected chi connectivity index (χ1v) is 12.9. The minimum Gasteiger partial charge on any atom is -0.494 e. The first-order chi connectivity index (χ1) is 14.7. The molecule has 1 aromatic carbocycles. The molecule has 1 saturated heterocycles. The van der Waals surface area contributed by atoms with Crippen molar-refractivity contribution in [3.05, 3.63) is 17.2 Å². The maximum atomic E-state index is 13.1. The lowest BCUT2D eigenvalue weighted by atomic mass is 10.3. The van der Waals surface area contributed by atoms with Gasteiger partial charge in [0.05, 0.1) is 42.8 Å². The molecule has 0 N–H and O–H groups in total. The van der Waals surface area contributed by atoms with Crippen LogP contribution in [0.3, 0.4) is 0 Å². The van der Waals surface area contributed by atoms with Crippen molar-refractivity contribution < 1.29 is 22.7 Å². The average Bonchev–Trinajstić information content (AvgIpc) is 3.17. The summed E-state index contributed by atoms with van der Waals surface area (Å²) in [5.41, 5.74) is 0.581. The van der Waals surface area contributed by atoms with Crippen molar-refractivity contribution in [2.45, 2.75) is 6.42 Å². The van der Waals surface area contributed by atoms with Gasteiger partial charge in [-0.3, -0.25) is 14.6 Å². The molecule has 172 valence electrons. The molecule has 1 amide bonds. The van der Waals surface area contributed by atoms with E-state index in [1.807, 2.05) is 0 Å². The van der Waals surface area contributed by atoms with E-state index in [0.29, 0.717) is 41.2 Å². The monoisotopic (exact) mass is 490 g/mol. The fraction of sp³-hybridized carbons (Fsp3) is 0.579. The number of benzene rings is 1. The van der Waals surface area contributed by atoms with Gasteiger partial charge in [0.25, 0.3) is 0 Å². The van der Waals surface area contributed by atoms with Crippen LogP contribution in [0.2, 0.25) is 5.02 Å². The van der Waals surface area contributed by atoms with Crippen LogP contribution in [0.15, 0.2) is 12.1 Å². The number of sulfonamides is 1. The minimum absolute atomic E-state index is 0.267. The molecule has 1 aromatic heterocycles. The third-order valence-corrected chi connectivity index (χ3v) is 7.88. The van der Waals surface area contributed by atoms with Crippen LogP contribution >= 0.6 is 22.9 Å². The molecule has 0 spiro atoms. The van der Waals surface area contributed by atoms with Crippen LogP contribution in [0.5, 0.6) is 5.75 Å². The number of hydrogen-bond donors (Lipinski definition) is 0. The van der Waals surface area contributed by atoms with E-state index in [4.69, 9.17) is 21.1 Å². The lowest BCUT2D eigenvalue weighted by molar-refractivity contribution is -0.118. The van der Waals surface area contributed by atoms with Crippen LogP contribution < -0.4 is 9.64 Å². The maximum Gasteiger partial charge on any atom is 0.244 e. The summed E-state index contributed by atoms with van der Waals surface area (Å²) in [6.07, 6.45) is 1.79. The number of amides is 1. The number of carbonyl (C=O) groups excluding carboxylic acids is 1. The number of likely N-dealkylation sites (N-methyl/N-ethyl adjacent to an activating group) is 1. The number of ether oxygens (including phenoxy) is 2. The number of aromatic nitrogens is 1. The second-order valence-corrected chi connectivity index (χ2v) is 10.8. The topological polar surface area (TPSA) is 92.3 Å². The highest BCUT2D eigenvalue weighted by Crippen LogP contribution is 2.38. The number of nitrogens with zero attached hydrogens (tertiary/aromatic N) is 4. The molecular formula is C19H27ClN4O5S2. The van der Waals surface area contributed by atoms with Crippen molar-refractivity contribution in [3.8, 4) is 5.75 Å². The van der Waals surface area contributed by atoms with Crippen LogP contribution in [0.25, 0.3) is 10.2 Å². The molecule has 31 heavy (non-hydrogen) atoms. The predicted octanol–water partition coefficient (Wildman–Crippen LogP) is 1.91. The van der Waals surface area contributed by atoms with Crippen LogP contribution in [0.4, 0.5) is 5.13 Å². The minimum atomic E-state index is -3.49. The largest absolute Gasteiger partial charge is 0.494 e. The highest BCUT2D eigenvalue weighted by molar-refractivity contribution is 7.88. The standard InChI is InChI=1S/C19H27ClN4O5S2/c1-22(31(3,26)27)13-16(25)24(8-4-7-23-9-11-29-12-10-23)19-21-17-15(28-2)6-5-14(20)18(17)30-19/h5-6H,4,7-13H2,1-3H3. The predicted molar refractivity (Wildman–Crippen MR) is 123 cm³/mol. The van der Waals surface area contributed by atoms with Crippen LogP contribution in [0.1, 0.15) is 6.42 Å². The molecule has 1 aliphatic heterocycles. The summed E-state index contributed by atoms with van der Waals surface area (Å²) in [4.78, 5) is 21.5. The number of anilines is 1. The van der Waals surface area contributed by atoms with Gasteiger partial charge in [-0.15, -0.1) is 0 Å². The number of halogens is 1. The second kappa shape index (κ2) is 10.4. The van der Waals surface area contributed by atoms with Gasteiger partial charge < -0.3 is 9.47 Å². The Kier molecular flexibility index (Phi) is 8.11. The Labute approximate surface area is 191 Å². The van der Waals surface area contributed by atoms with Gasteiger partial charge in [-0.2, -0.15) is 4.31 Å². The van der Waals surface area contributed by atoms with Crippen LogP contribution in [-0.4, -0.2) is 94.9 Å². The van der Waals surface area contributed by atoms with E-state index in [1.165, 1.54) is 18.4 Å². The third kappa shape index (κ3) is 6.05. The summed E-state index contributed by atoms with van der Waals surface area (Å²) < 4.78 is 36.1. The SMILES string of the molecule is COc1ccc(Cl)c2sc(N(CCCN3CCOCC3)C(=O)CN(C)S(C)(=O)=O)nc12. The van der Waals surface area contributed by atoms with Gasteiger partial charge in [0.1, 0.15) is 11.3 Å². The molecule has 3 rings (SSSR count). The van der Waals surface area contributed by atoms with E-state index in [0.717, 1.165) is 41.3 Å². The number of morpholine rings is 1. The van der Waals surface area contributed by atoms with E-state index >= 15 is 0 Å². The van der Waals surface area contributed by atoms with Crippen molar-refractivity contribution in [3.63, 3.8) is 0 Å². The Morgan fingerprint density at radius 1 is 1.35 bits per heavy atom. The molecule has 1 aliphatic rings. The summed E-state index contributed by atoms with van der Waals surface area (Å²) in [7, 11) is -0.552. The van der Waals surface area contributed by atoms with E-state index in [1.54, 1.807) is 24.1 Å². The van der Waals surface area contributed by atoms with E-state index in [9.17, 15) is 13.2 Å². The van der Waals surface area contributed by atoms with E-state index in [-0.39, 0.29) is 12.5 Å². The zero-order valence-electron chi connectivity index (χ0n) is 17.8. The Hall–Kier alpha value is -1.50. The average molecular weight is 491 g/mol. The zero-order chi connectivity index (χ0) is 22.6. The zero-order valence-corrected chi connectivity index (χ0v) is 20.2. The van der Waals surface area contributed by atoms with Gasteiger partial charge in [0.15, 0.2) is 5.13 Å². The van der Waals surface area contributed by atoms with Crippen molar-refractivity contribution in [2.75, 3.05) is 71.3 Å². The summed E-state index contributed by atoms with van der Waals surface area (Å²) in [6.45, 7) is 4.09. The maximum absolute atomic E-state index is 13.1. The fourth-order valence-corrected chi connectivity index (χ4v) is 4.86. The van der Waals surface area contributed by atoms with Gasteiger partial charge in [0, 0.05) is 33.2 Å². The Morgan fingerprint density at radius 2 is 2.06 bits per heavy atom. The summed E-state index contributed by atoms with van der Waals surface area (Å²) in [5.74, 6) is 0.222. The number of rotatable bonds is 9. The first kappa shape index (κ1) is 24.1. The van der Waals surface area contributed by atoms with Crippen molar-refractivity contribution >= 4 is 54.2 Å². The number of methoxy groups -OCH3 is 1. The van der Waals surface area contributed by atoms with Gasteiger partial charge in [-0.1, -0.05) is 22.9 Å². The van der Waals surface area contributed by atoms with E-state index < -0.39 is 10.0 Å². The molecule has 2 heterocycles. The van der Waals surface area contributed by atoms with Crippen molar-refractivity contribution in [2.24, 2.45) is 0 Å². The summed E-state index contributed by atoms with van der Waals surface area (Å²) in [6, 6.07) is 3.46. The fourth-order valence-electron chi connectivity index (χ4n) is 3.22. The third-order valence-electron chi connectivity index (χ3n) is 5.08. The molecule has 9 nitrogen and oxygen atoms in total. The first-order valence-electron chi connectivity index (χ1n) is 9.85. The Morgan fingerprint density at radius 3 is 2.71 bits per heavy atom. The molecule has 0 aliphatic carbocycles. The number of hydrogen-bond acceptors (Lipinski definition) is 8. The Bertz CT molecular complexity index is 1020. The van der Waals surface area contributed by atoms with Crippen LogP contribution in [0, 0.1) is 0 Å². The molecule has 0 saturated carbocycles. The van der Waals surface area contributed by atoms with Gasteiger partial charge in [-0.25, -0.2) is 13.4 Å². The van der Waals surface area contributed by atoms with Crippen molar-refractivity contribution in [1.82, 2.24) is 14.2 Å². The Balaban J connectivity index is 1.84. The smallest absolute Gasteiger partial charge is 0.244 e. The quantitative estimate of drug-likeness (QED) is 0.530. The summed E-state index contributed by atoms with van der Waals surface area (Å²) in [5, 5.41) is 0.990.